The minimum atomic E-state index is 0.399. The number of ether oxygens (including phenoxy) is 1. The molecule has 100 valence electrons. The molecule has 1 aromatic heterocycles. The minimum absolute atomic E-state index is 0.399. The summed E-state index contributed by atoms with van der Waals surface area (Å²) in [6, 6.07) is 0. The molecule has 1 saturated heterocycles. The molecule has 2 rings (SSSR count). The van der Waals surface area contributed by atoms with Gasteiger partial charge in [-0.1, -0.05) is 6.92 Å². The molecule has 0 bridgehead atoms. The van der Waals surface area contributed by atoms with Gasteiger partial charge >= 0.3 is 0 Å². The van der Waals surface area contributed by atoms with Crippen LogP contribution >= 0.6 is 11.8 Å². The van der Waals surface area contributed by atoms with Gasteiger partial charge in [-0.05, 0) is 31.7 Å². The summed E-state index contributed by atoms with van der Waals surface area (Å²) in [5, 5.41) is 4.29. The van der Waals surface area contributed by atoms with Crippen LogP contribution < -0.4 is 5.32 Å². The molecule has 18 heavy (non-hydrogen) atoms. The molecular weight excluding hydrogens is 246 g/mol. The van der Waals surface area contributed by atoms with Crippen LogP contribution in [0.5, 0.6) is 0 Å². The van der Waals surface area contributed by atoms with Crippen LogP contribution in [0.25, 0.3) is 0 Å². The van der Waals surface area contributed by atoms with E-state index < -0.39 is 0 Å². The summed E-state index contributed by atoms with van der Waals surface area (Å²) in [6.07, 6.45) is 5.74. The van der Waals surface area contributed by atoms with E-state index in [-0.39, 0.29) is 0 Å². The van der Waals surface area contributed by atoms with Gasteiger partial charge in [0.2, 0.25) is 5.95 Å². The van der Waals surface area contributed by atoms with E-state index in [1.165, 1.54) is 12.8 Å². The minimum Gasteiger partial charge on any atom is -0.377 e. The Labute approximate surface area is 113 Å². The number of aromatic nitrogens is 2. The summed E-state index contributed by atoms with van der Waals surface area (Å²) in [4.78, 5) is 8.85. The molecule has 1 aliphatic heterocycles. The number of nitrogens with zero attached hydrogens (tertiary/aromatic N) is 2. The summed E-state index contributed by atoms with van der Waals surface area (Å²) in [7, 11) is 0. The van der Waals surface area contributed by atoms with Crippen LogP contribution in [0.4, 0.5) is 5.95 Å². The van der Waals surface area contributed by atoms with Gasteiger partial charge in [0.1, 0.15) is 5.03 Å². The normalized spacial score (nSPS) is 19.1. The van der Waals surface area contributed by atoms with Crippen molar-refractivity contribution in [3.05, 3.63) is 11.8 Å². The van der Waals surface area contributed by atoms with E-state index in [9.17, 15) is 0 Å². The average molecular weight is 267 g/mol. The van der Waals surface area contributed by atoms with Crippen LogP contribution in [0.2, 0.25) is 0 Å². The van der Waals surface area contributed by atoms with E-state index in [1.54, 1.807) is 11.8 Å². The zero-order valence-electron chi connectivity index (χ0n) is 11.1. The highest BCUT2D eigenvalue weighted by atomic mass is 32.2. The van der Waals surface area contributed by atoms with Crippen LogP contribution in [-0.4, -0.2) is 35.0 Å². The Kier molecular flexibility index (Phi) is 5.26. The molecular formula is C13H21N3OS. The van der Waals surface area contributed by atoms with E-state index >= 15 is 0 Å². The molecule has 1 aliphatic rings. The Bertz CT molecular complexity index is 380. The lowest BCUT2D eigenvalue weighted by atomic mass is 10.3. The third-order valence-electron chi connectivity index (χ3n) is 2.89. The smallest absolute Gasteiger partial charge is 0.223 e. The highest BCUT2D eigenvalue weighted by molar-refractivity contribution is 7.99. The molecule has 1 aromatic rings. The molecule has 0 amide bonds. The quantitative estimate of drug-likeness (QED) is 0.634. The number of anilines is 1. The topological polar surface area (TPSA) is 47.0 Å². The number of thioether (sulfide) groups is 1. The van der Waals surface area contributed by atoms with Crippen LogP contribution in [0.15, 0.2) is 11.2 Å². The van der Waals surface area contributed by atoms with Crippen molar-refractivity contribution >= 4 is 17.7 Å². The fraction of sp³-hybridized carbons (Fsp3) is 0.692. The Hall–Kier alpha value is -0.810. The summed E-state index contributed by atoms with van der Waals surface area (Å²) < 4.78 is 5.63. The Morgan fingerprint density at radius 2 is 2.44 bits per heavy atom. The lowest BCUT2D eigenvalue weighted by Gasteiger charge is -2.11. The lowest BCUT2D eigenvalue weighted by Crippen LogP contribution is -2.09. The number of aryl methyl sites for hydroxylation is 1. The largest absolute Gasteiger partial charge is 0.377 e. The molecule has 1 unspecified atom stereocenters. The molecule has 0 spiro atoms. The molecule has 1 fully saturated rings. The maximum absolute atomic E-state index is 5.63. The molecule has 2 heterocycles. The Morgan fingerprint density at radius 3 is 3.17 bits per heavy atom. The van der Waals surface area contributed by atoms with Gasteiger partial charge in [-0.2, -0.15) is 0 Å². The van der Waals surface area contributed by atoms with Crippen molar-refractivity contribution in [2.24, 2.45) is 0 Å². The fourth-order valence-electron chi connectivity index (χ4n) is 1.84. The van der Waals surface area contributed by atoms with Crippen LogP contribution in [0, 0.1) is 6.92 Å². The maximum atomic E-state index is 5.63. The summed E-state index contributed by atoms with van der Waals surface area (Å²) >= 11 is 1.78. The third kappa shape index (κ3) is 3.85. The molecule has 0 saturated carbocycles. The zero-order valence-corrected chi connectivity index (χ0v) is 11.9. The molecule has 1 atom stereocenters. The fourth-order valence-corrected chi connectivity index (χ4v) is 2.88. The first-order valence-corrected chi connectivity index (χ1v) is 7.60. The second-order valence-electron chi connectivity index (χ2n) is 4.55. The third-order valence-corrected chi connectivity index (χ3v) is 4.11. The maximum Gasteiger partial charge on any atom is 0.223 e. The van der Waals surface area contributed by atoms with Gasteiger partial charge in [0.15, 0.2) is 0 Å². The molecule has 0 radical (unpaired) electrons. The van der Waals surface area contributed by atoms with Crippen molar-refractivity contribution in [1.29, 1.82) is 0 Å². The van der Waals surface area contributed by atoms with Gasteiger partial charge in [0.05, 0.1) is 6.10 Å². The van der Waals surface area contributed by atoms with Gasteiger partial charge < -0.3 is 10.1 Å². The average Bonchev–Trinajstić information content (AvgIpc) is 2.89. The summed E-state index contributed by atoms with van der Waals surface area (Å²) in [6.45, 7) is 6.02. The van der Waals surface area contributed by atoms with E-state index in [4.69, 9.17) is 4.74 Å². The van der Waals surface area contributed by atoms with Crippen molar-refractivity contribution < 1.29 is 4.74 Å². The second-order valence-corrected chi connectivity index (χ2v) is 5.56. The Morgan fingerprint density at radius 1 is 1.56 bits per heavy atom. The van der Waals surface area contributed by atoms with E-state index in [2.05, 4.69) is 29.1 Å². The van der Waals surface area contributed by atoms with Gasteiger partial charge in [0, 0.05) is 25.1 Å². The number of nitrogens with one attached hydrogen (secondary N) is 1. The lowest BCUT2D eigenvalue weighted by molar-refractivity contribution is 0.129. The number of hydrogen-bond acceptors (Lipinski definition) is 5. The van der Waals surface area contributed by atoms with E-state index in [0.717, 1.165) is 41.9 Å². The van der Waals surface area contributed by atoms with Crippen molar-refractivity contribution in [3.8, 4) is 0 Å². The molecule has 4 nitrogen and oxygen atoms in total. The summed E-state index contributed by atoms with van der Waals surface area (Å²) in [5.41, 5.74) is 1.14. The first-order chi connectivity index (χ1) is 8.79. The number of hydrogen-bond donors (Lipinski definition) is 1. The van der Waals surface area contributed by atoms with Crippen molar-refractivity contribution in [2.75, 3.05) is 24.2 Å². The van der Waals surface area contributed by atoms with E-state index in [0.29, 0.717) is 6.10 Å². The summed E-state index contributed by atoms with van der Waals surface area (Å²) in [5.74, 6) is 1.72. The highest BCUT2D eigenvalue weighted by Crippen LogP contribution is 2.25. The van der Waals surface area contributed by atoms with Gasteiger partial charge in [-0.25, -0.2) is 9.97 Å². The van der Waals surface area contributed by atoms with E-state index in [1.807, 2.05) is 6.20 Å². The van der Waals surface area contributed by atoms with Crippen molar-refractivity contribution in [3.63, 3.8) is 0 Å². The van der Waals surface area contributed by atoms with Gasteiger partial charge in [-0.15, -0.1) is 11.8 Å². The second kappa shape index (κ2) is 6.95. The van der Waals surface area contributed by atoms with Crippen LogP contribution in [-0.2, 0) is 4.74 Å². The zero-order chi connectivity index (χ0) is 12.8. The predicted octanol–water partition coefficient (Wildman–Crippen LogP) is 2.88. The standard InChI is InChI=1S/C13H21N3OS/c1-3-6-14-13-15-8-10(2)12(16-13)18-9-11-5-4-7-17-11/h8,11H,3-7,9H2,1-2H3,(H,14,15,16). The predicted molar refractivity (Wildman–Crippen MR) is 75.2 cm³/mol. The SMILES string of the molecule is CCCNc1ncc(C)c(SCC2CCCO2)n1. The molecule has 5 heteroatoms. The monoisotopic (exact) mass is 267 g/mol. The number of rotatable bonds is 6. The van der Waals surface area contributed by atoms with Crippen molar-refractivity contribution in [1.82, 2.24) is 9.97 Å². The Balaban J connectivity index is 1.92. The van der Waals surface area contributed by atoms with Crippen LogP contribution in [0.1, 0.15) is 31.7 Å². The molecule has 0 aliphatic carbocycles. The van der Waals surface area contributed by atoms with Crippen molar-refractivity contribution in [2.45, 2.75) is 44.2 Å². The highest BCUT2D eigenvalue weighted by Gasteiger charge is 2.16. The van der Waals surface area contributed by atoms with Gasteiger partial charge in [-0.3, -0.25) is 0 Å². The molecule has 1 N–H and O–H groups in total. The first kappa shape index (κ1) is 13.6. The van der Waals surface area contributed by atoms with Gasteiger partial charge in [0.25, 0.3) is 0 Å². The molecule has 0 aromatic carbocycles. The van der Waals surface area contributed by atoms with Crippen LogP contribution in [0.3, 0.4) is 0 Å². The first-order valence-electron chi connectivity index (χ1n) is 6.61.